The first kappa shape index (κ1) is 21.5. The maximum absolute atomic E-state index is 13.5. The van der Waals surface area contributed by atoms with Crippen molar-refractivity contribution in [2.45, 2.75) is 29.7 Å². The Bertz CT molecular complexity index is 1330. The molecule has 1 aliphatic rings. The average Bonchev–Trinajstić information content (AvgIpc) is 3.14. The van der Waals surface area contributed by atoms with Gasteiger partial charge in [0.2, 0.25) is 5.91 Å². The zero-order chi connectivity index (χ0) is 22.8. The van der Waals surface area contributed by atoms with Crippen LogP contribution in [0.15, 0.2) is 94.0 Å². The van der Waals surface area contributed by atoms with Crippen LogP contribution in [0, 0.1) is 6.92 Å². The molecule has 1 N–H and O–H groups in total. The number of hydrogen-bond donors (Lipinski definition) is 1. The fourth-order valence-electron chi connectivity index (χ4n) is 3.88. The molecular weight excluding hydrogens is 448 g/mol. The van der Waals surface area contributed by atoms with Gasteiger partial charge in [0.15, 0.2) is 0 Å². The minimum Gasteiger partial charge on any atom is -0.326 e. The first-order chi connectivity index (χ1) is 16.1. The Balaban J connectivity index is 1.36. The number of anilines is 2. The van der Waals surface area contributed by atoms with Crippen molar-refractivity contribution in [3.05, 3.63) is 106 Å². The van der Waals surface area contributed by atoms with Crippen molar-refractivity contribution in [2.24, 2.45) is 0 Å². The normalized spacial score (nSPS) is 12.5. The Hall–Kier alpha value is -3.35. The van der Waals surface area contributed by atoms with E-state index in [1.54, 1.807) is 47.4 Å². The summed E-state index contributed by atoms with van der Waals surface area (Å²) < 4.78 is 0. The number of benzene rings is 3. The summed E-state index contributed by atoms with van der Waals surface area (Å²) in [6.45, 7) is 2.53. The van der Waals surface area contributed by atoms with Gasteiger partial charge >= 0.3 is 0 Å². The van der Waals surface area contributed by atoms with Crippen LogP contribution in [-0.4, -0.2) is 11.8 Å². The quantitative estimate of drug-likeness (QED) is 0.368. The van der Waals surface area contributed by atoms with Crippen LogP contribution >= 0.6 is 23.1 Å². The summed E-state index contributed by atoms with van der Waals surface area (Å²) in [6.07, 6.45) is 0.345. The maximum atomic E-state index is 13.5. The summed E-state index contributed by atoms with van der Waals surface area (Å²) in [6, 6.07) is 25.3. The largest absolute Gasteiger partial charge is 0.326 e. The Morgan fingerprint density at radius 2 is 1.64 bits per heavy atom. The molecule has 2 heterocycles. The SMILES string of the molecule is Cc1sccc1CC(=O)Nc1ccc(C(=O)N2Cc3ccccc3Sc3ccccc32)cc1. The first-order valence-electron chi connectivity index (χ1n) is 10.7. The summed E-state index contributed by atoms with van der Waals surface area (Å²) in [4.78, 5) is 31.2. The fourth-order valence-corrected chi connectivity index (χ4v) is 5.69. The van der Waals surface area contributed by atoms with Crippen LogP contribution in [-0.2, 0) is 17.8 Å². The molecule has 0 aliphatic carbocycles. The smallest absolute Gasteiger partial charge is 0.258 e. The van der Waals surface area contributed by atoms with Crippen LogP contribution in [0.2, 0.25) is 0 Å². The number of aryl methyl sites for hydroxylation is 1. The molecule has 5 rings (SSSR count). The van der Waals surface area contributed by atoms with Gasteiger partial charge in [0.05, 0.1) is 18.7 Å². The van der Waals surface area contributed by atoms with Crippen molar-refractivity contribution < 1.29 is 9.59 Å². The van der Waals surface area contributed by atoms with E-state index < -0.39 is 0 Å². The molecule has 1 aromatic heterocycles. The zero-order valence-electron chi connectivity index (χ0n) is 18.1. The van der Waals surface area contributed by atoms with Gasteiger partial charge in [0.25, 0.3) is 5.91 Å². The lowest BCUT2D eigenvalue weighted by molar-refractivity contribution is -0.115. The third kappa shape index (κ3) is 4.58. The zero-order valence-corrected chi connectivity index (χ0v) is 19.7. The number of carbonyl (C=O) groups excluding carboxylic acids is 2. The van der Waals surface area contributed by atoms with Gasteiger partial charge in [0.1, 0.15) is 0 Å². The van der Waals surface area contributed by atoms with Crippen LogP contribution < -0.4 is 10.2 Å². The third-order valence-electron chi connectivity index (χ3n) is 5.66. The fraction of sp³-hybridized carbons (Fsp3) is 0.111. The highest BCUT2D eigenvalue weighted by atomic mass is 32.2. The summed E-state index contributed by atoms with van der Waals surface area (Å²) in [7, 11) is 0. The van der Waals surface area contributed by atoms with Crippen LogP contribution in [0.5, 0.6) is 0 Å². The molecule has 4 nitrogen and oxygen atoms in total. The van der Waals surface area contributed by atoms with Crippen LogP contribution in [0.4, 0.5) is 11.4 Å². The third-order valence-corrected chi connectivity index (χ3v) is 7.73. The topological polar surface area (TPSA) is 49.4 Å². The molecular formula is C27H22N2O2S2. The van der Waals surface area contributed by atoms with Crippen molar-refractivity contribution in [3.63, 3.8) is 0 Å². The van der Waals surface area contributed by atoms with Crippen LogP contribution in [0.25, 0.3) is 0 Å². The number of thiophene rings is 1. The molecule has 1 aliphatic heterocycles. The molecule has 0 unspecified atom stereocenters. The molecule has 164 valence electrons. The standard InChI is InChI=1S/C27H22N2O2S2/c1-18-20(14-15-32-18)16-26(30)28-22-12-10-19(11-13-22)27(31)29-17-21-6-2-4-8-24(21)33-25-9-5-3-7-23(25)29/h2-15H,16-17H2,1H3,(H,28,30). The molecule has 4 aromatic rings. The van der Waals surface area contributed by atoms with Crippen molar-refractivity contribution in [1.82, 2.24) is 0 Å². The highest BCUT2D eigenvalue weighted by Gasteiger charge is 2.25. The van der Waals surface area contributed by atoms with E-state index in [2.05, 4.69) is 23.5 Å². The van der Waals surface area contributed by atoms with Crippen molar-refractivity contribution >= 4 is 46.3 Å². The lowest BCUT2D eigenvalue weighted by atomic mass is 10.1. The molecule has 0 bridgehead atoms. The molecule has 33 heavy (non-hydrogen) atoms. The number of amides is 2. The predicted molar refractivity (Wildman–Crippen MR) is 135 cm³/mol. The number of fused-ring (bicyclic) bond motifs is 2. The molecule has 0 atom stereocenters. The van der Waals surface area contributed by atoms with E-state index in [4.69, 9.17) is 0 Å². The van der Waals surface area contributed by atoms with Crippen molar-refractivity contribution in [3.8, 4) is 0 Å². The molecule has 3 aromatic carbocycles. The van der Waals surface area contributed by atoms with Gasteiger partial charge in [-0.1, -0.05) is 42.1 Å². The van der Waals surface area contributed by atoms with E-state index in [0.717, 1.165) is 26.6 Å². The molecule has 0 fully saturated rings. The van der Waals surface area contributed by atoms with Crippen molar-refractivity contribution in [2.75, 3.05) is 10.2 Å². The average molecular weight is 471 g/mol. The molecule has 6 heteroatoms. The highest BCUT2D eigenvalue weighted by Crippen LogP contribution is 2.41. The van der Waals surface area contributed by atoms with E-state index in [1.165, 1.54) is 4.90 Å². The van der Waals surface area contributed by atoms with E-state index in [-0.39, 0.29) is 11.8 Å². The number of hydrogen-bond acceptors (Lipinski definition) is 4. The predicted octanol–water partition coefficient (Wildman–Crippen LogP) is 6.55. The Labute approximate surface area is 201 Å². The van der Waals surface area contributed by atoms with Gasteiger partial charge in [-0.05, 0) is 72.0 Å². The number of carbonyl (C=O) groups is 2. The van der Waals surface area contributed by atoms with E-state index in [9.17, 15) is 9.59 Å². The Morgan fingerprint density at radius 3 is 2.39 bits per heavy atom. The number of nitrogens with zero attached hydrogens (tertiary/aromatic N) is 1. The van der Waals surface area contributed by atoms with E-state index in [1.807, 2.05) is 53.6 Å². The lowest BCUT2D eigenvalue weighted by Crippen LogP contribution is -2.30. The van der Waals surface area contributed by atoms with Crippen molar-refractivity contribution in [1.29, 1.82) is 0 Å². The second-order valence-electron chi connectivity index (χ2n) is 7.87. The molecule has 0 saturated heterocycles. The summed E-state index contributed by atoms with van der Waals surface area (Å²) >= 11 is 3.33. The first-order valence-corrected chi connectivity index (χ1v) is 12.4. The minimum atomic E-state index is -0.0642. The Morgan fingerprint density at radius 1 is 0.909 bits per heavy atom. The molecule has 0 saturated carbocycles. The van der Waals surface area contributed by atoms with E-state index >= 15 is 0 Å². The summed E-state index contributed by atoms with van der Waals surface area (Å²) in [5.41, 5.74) is 4.34. The van der Waals surface area contributed by atoms with E-state index in [0.29, 0.717) is 24.2 Å². The Kier molecular flexibility index (Phi) is 6.03. The molecule has 0 spiro atoms. The monoisotopic (exact) mass is 470 g/mol. The van der Waals surface area contributed by atoms with Gasteiger partial charge in [-0.25, -0.2) is 0 Å². The summed E-state index contributed by atoms with van der Waals surface area (Å²) in [5, 5.41) is 4.93. The maximum Gasteiger partial charge on any atom is 0.258 e. The second-order valence-corrected chi connectivity index (χ2v) is 10.1. The molecule has 2 amide bonds. The van der Waals surface area contributed by atoms with Crippen LogP contribution in [0.3, 0.4) is 0 Å². The molecule has 0 radical (unpaired) electrons. The number of para-hydroxylation sites is 1. The van der Waals surface area contributed by atoms with Gasteiger partial charge < -0.3 is 10.2 Å². The summed E-state index contributed by atoms with van der Waals surface area (Å²) in [5.74, 6) is -0.128. The number of nitrogens with one attached hydrogen (secondary N) is 1. The lowest BCUT2D eigenvalue weighted by Gasteiger charge is -2.23. The number of rotatable bonds is 4. The second kappa shape index (κ2) is 9.25. The minimum absolute atomic E-state index is 0.0634. The van der Waals surface area contributed by atoms with Gasteiger partial charge in [-0.2, -0.15) is 0 Å². The van der Waals surface area contributed by atoms with Gasteiger partial charge in [-0.15, -0.1) is 11.3 Å². The van der Waals surface area contributed by atoms with Crippen LogP contribution in [0.1, 0.15) is 26.4 Å². The van der Waals surface area contributed by atoms with Gasteiger partial charge in [-0.3, -0.25) is 9.59 Å². The van der Waals surface area contributed by atoms with Gasteiger partial charge in [0, 0.05) is 25.9 Å². The highest BCUT2D eigenvalue weighted by molar-refractivity contribution is 7.99.